The minimum Gasteiger partial charge on any atom is -0.319 e. The molecule has 0 aromatic heterocycles. The van der Waals surface area contributed by atoms with Crippen molar-refractivity contribution in [2.24, 2.45) is 0 Å². The molecule has 0 fully saturated rings. The van der Waals surface area contributed by atoms with Gasteiger partial charge in [-0.2, -0.15) is 0 Å². The number of halogens is 4. The van der Waals surface area contributed by atoms with Gasteiger partial charge in [0.15, 0.2) is 0 Å². The van der Waals surface area contributed by atoms with Gasteiger partial charge in [0, 0.05) is 11.0 Å². The van der Waals surface area contributed by atoms with Gasteiger partial charge in [0.25, 0.3) is 5.91 Å². The van der Waals surface area contributed by atoms with Gasteiger partial charge in [-0.3, -0.25) is 4.79 Å². The highest BCUT2D eigenvalue weighted by Gasteiger charge is 2.15. The van der Waals surface area contributed by atoms with E-state index in [1.54, 1.807) is 0 Å². The van der Waals surface area contributed by atoms with Gasteiger partial charge >= 0.3 is 0 Å². The van der Waals surface area contributed by atoms with E-state index in [1.165, 1.54) is 12.1 Å². The lowest BCUT2D eigenvalue weighted by atomic mass is 10.2. The topological polar surface area (TPSA) is 29.1 Å². The van der Waals surface area contributed by atoms with E-state index in [0.29, 0.717) is 4.90 Å². The summed E-state index contributed by atoms with van der Waals surface area (Å²) in [6.45, 7) is 0. The summed E-state index contributed by atoms with van der Waals surface area (Å²) in [5.74, 6) is -3.25. The molecule has 2 aromatic carbocycles. The number of amides is 1. The van der Waals surface area contributed by atoms with Gasteiger partial charge in [-0.1, -0.05) is 0 Å². The van der Waals surface area contributed by atoms with E-state index in [2.05, 4.69) is 33.9 Å². The average molecular weight is 362 g/mol. The minimum atomic E-state index is -0.890. The van der Waals surface area contributed by atoms with Gasteiger partial charge in [0.05, 0.1) is 15.7 Å². The lowest BCUT2D eigenvalue weighted by Gasteiger charge is -2.08. The molecule has 2 aromatic rings. The zero-order valence-electron chi connectivity index (χ0n) is 9.75. The molecule has 0 aliphatic carbocycles. The van der Waals surface area contributed by atoms with E-state index in [1.807, 2.05) is 0 Å². The summed E-state index contributed by atoms with van der Waals surface area (Å²) in [6, 6.07) is 5.31. The smallest absolute Gasteiger partial charge is 0.258 e. The Morgan fingerprint density at radius 2 is 1.75 bits per heavy atom. The highest BCUT2D eigenvalue weighted by atomic mass is 79.9. The molecule has 2 rings (SSSR count). The molecule has 0 bridgehead atoms. The summed E-state index contributed by atoms with van der Waals surface area (Å²) >= 11 is 6.80. The molecule has 104 valence electrons. The van der Waals surface area contributed by atoms with Crippen LogP contribution in [0.5, 0.6) is 0 Å². The zero-order chi connectivity index (χ0) is 14.9. The molecule has 0 atom stereocenters. The molecular weight excluding hydrogens is 355 g/mol. The number of nitrogens with one attached hydrogen (secondary N) is 1. The summed E-state index contributed by atoms with van der Waals surface area (Å²) in [7, 11) is 0. The molecule has 20 heavy (non-hydrogen) atoms. The molecule has 0 saturated carbocycles. The van der Waals surface area contributed by atoms with Crippen LogP contribution in [0.2, 0.25) is 0 Å². The van der Waals surface area contributed by atoms with Crippen LogP contribution >= 0.6 is 28.6 Å². The zero-order valence-corrected chi connectivity index (χ0v) is 12.2. The second-order valence-electron chi connectivity index (χ2n) is 3.86. The molecule has 7 heteroatoms. The van der Waals surface area contributed by atoms with Crippen molar-refractivity contribution in [3.05, 3.63) is 57.8 Å². The van der Waals surface area contributed by atoms with Gasteiger partial charge < -0.3 is 5.32 Å². The first-order valence-corrected chi connectivity index (χ1v) is 6.57. The quantitative estimate of drug-likeness (QED) is 0.602. The fourth-order valence-corrected chi connectivity index (χ4v) is 2.01. The first kappa shape index (κ1) is 14.9. The Morgan fingerprint density at radius 3 is 2.45 bits per heavy atom. The standard InChI is InChI=1S/C13H7BrF3NOS/c14-8-4-11(17)12(5-10(8)16)18-13(19)7-3-6(20)1-2-9(7)15/h1-5,20H,(H,18,19). The molecule has 0 aliphatic rings. The Hall–Kier alpha value is -1.47. The number of anilines is 1. The van der Waals surface area contributed by atoms with E-state index < -0.39 is 23.4 Å². The Balaban J connectivity index is 2.32. The van der Waals surface area contributed by atoms with Gasteiger partial charge in [0.1, 0.15) is 17.5 Å². The maximum Gasteiger partial charge on any atom is 0.258 e. The molecule has 0 radical (unpaired) electrons. The normalized spacial score (nSPS) is 10.4. The third-order valence-electron chi connectivity index (χ3n) is 2.45. The van der Waals surface area contributed by atoms with Crippen molar-refractivity contribution in [1.82, 2.24) is 0 Å². The molecule has 0 saturated heterocycles. The first-order valence-electron chi connectivity index (χ1n) is 5.33. The van der Waals surface area contributed by atoms with Crippen molar-refractivity contribution in [2.75, 3.05) is 5.32 Å². The van der Waals surface area contributed by atoms with Gasteiger partial charge in [-0.25, -0.2) is 13.2 Å². The molecule has 0 unspecified atom stereocenters. The highest BCUT2D eigenvalue weighted by molar-refractivity contribution is 9.10. The molecule has 1 N–H and O–H groups in total. The van der Waals surface area contributed by atoms with Gasteiger partial charge in [0.2, 0.25) is 0 Å². The van der Waals surface area contributed by atoms with E-state index in [4.69, 9.17) is 0 Å². The lowest BCUT2D eigenvalue weighted by molar-refractivity contribution is 0.102. The van der Waals surface area contributed by atoms with E-state index in [-0.39, 0.29) is 15.7 Å². The maximum absolute atomic E-state index is 13.6. The highest BCUT2D eigenvalue weighted by Crippen LogP contribution is 2.24. The number of carbonyl (C=O) groups excluding carboxylic acids is 1. The minimum absolute atomic E-state index is 0.0727. The van der Waals surface area contributed by atoms with Crippen LogP contribution in [0.25, 0.3) is 0 Å². The molecule has 0 spiro atoms. The first-order chi connectivity index (χ1) is 9.38. The van der Waals surface area contributed by atoms with E-state index in [9.17, 15) is 18.0 Å². The van der Waals surface area contributed by atoms with Crippen LogP contribution in [0.4, 0.5) is 18.9 Å². The summed E-state index contributed by atoms with van der Waals surface area (Å²) < 4.78 is 40.3. The maximum atomic E-state index is 13.6. The fourth-order valence-electron chi connectivity index (χ4n) is 1.50. The third kappa shape index (κ3) is 3.16. The van der Waals surface area contributed by atoms with Gasteiger partial charge in [-0.15, -0.1) is 12.6 Å². The Morgan fingerprint density at radius 1 is 1.05 bits per heavy atom. The van der Waals surface area contributed by atoms with Crippen molar-refractivity contribution < 1.29 is 18.0 Å². The van der Waals surface area contributed by atoms with Crippen LogP contribution in [0.15, 0.2) is 39.7 Å². The van der Waals surface area contributed by atoms with Crippen LogP contribution in [0.1, 0.15) is 10.4 Å². The monoisotopic (exact) mass is 361 g/mol. The summed E-state index contributed by atoms with van der Waals surface area (Å²) in [5.41, 5.74) is -0.681. The second-order valence-corrected chi connectivity index (χ2v) is 5.24. The van der Waals surface area contributed by atoms with E-state index in [0.717, 1.165) is 18.2 Å². The summed E-state index contributed by atoms with van der Waals surface area (Å²) in [5, 5.41) is 2.11. The number of benzene rings is 2. The number of rotatable bonds is 2. The molecule has 1 amide bonds. The third-order valence-corrected chi connectivity index (χ3v) is 3.34. The van der Waals surface area contributed by atoms with Gasteiger partial charge in [-0.05, 0) is 40.2 Å². The molecule has 0 aliphatic heterocycles. The Kier molecular flexibility index (Phi) is 4.39. The summed E-state index contributed by atoms with van der Waals surface area (Å²) in [4.78, 5) is 12.2. The van der Waals surface area contributed by atoms with Crippen molar-refractivity contribution in [1.29, 1.82) is 0 Å². The fraction of sp³-hybridized carbons (Fsp3) is 0. The Labute approximate surface area is 126 Å². The van der Waals surface area contributed by atoms with Crippen molar-refractivity contribution in [3.8, 4) is 0 Å². The second kappa shape index (κ2) is 5.88. The van der Waals surface area contributed by atoms with Crippen LogP contribution in [0, 0.1) is 17.5 Å². The molecule has 2 nitrogen and oxygen atoms in total. The largest absolute Gasteiger partial charge is 0.319 e. The van der Waals surface area contributed by atoms with Crippen LogP contribution in [-0.4, -0.2) is 5.91 Å². The predicted molar refractivity (Wildman–Crippen MR) is 75.7 cm³/mol. The average Bonchev–Trinajstić information content (AvgIpc) is 2.38. The Bertz CT molecular complexity index is 694. The summed E-state index contributed by atoms with van der Waals surface area (Å²) in [6.07, 6.45) is 0. The number of carbonyl (C=O) groups is 1. The SMILES string of the molecule is O=C(Nc1cc(F)c(Br)cc1F)c1cc(S)ccc1F. The van der Waals surface area contributed by atoms with Crippen LogP contribution < -0.4 is 5.32 Å². The van der Waals surface area contributed by atoms with Crippen molar-refractivity contribution in [3.63, 3.8) is 0 Å². The molecular formula is C13H7BrF3NOS. The predicted octanol–water partition coefficient (Wildman–Crippen LogP) is 4.41. The van der Waals surface area contributed by atoms with Crippen molar-refractivity contribution in [2.45, 2.75) is 4.90 Å². The van der Waals surface area contributed by atoms with Crippen molar-refractivity contribution >= 4 is 40.2 Å². The van der Waals surface area contributed by atoms with Crippen LogP contribution in [-0.2, 0) is 0 Å². The number of hydrogen-bond donors (Lipinski definition) is 2. The number of hydrogen-bond acceptors (Lipinski definition) is 2. The van der Waals surface area contributed by atoms with E-state index >= 15 is 0 Å². The molecule has 0 heterocycles. The van der Waals surface area contributed by atoms with Crippen LogP contribution in [0.3, 0.4) is 0 Å². The lowest BCUT2D eigenvalue weighted by Crippen LogP contribution is -2.15. The number of thiol groups is 1.